The van der Waals surface area contributed by atoms with E-state index in [1.165, 1.54) is 0 Å². The van der Waals surface area contributed by atoms with Gasteiger partial charge in [-0.1, -0.05) is 72.8 Å². The van der Waals surface area contributed by atoms with Gasteiger partial charge in [-0.05, 0) is 53.3 Å². The normalized spacial score (nSPS) is 15.0. The van der Waals surface area contributed by atoms with E-state index in [4.69, 9.17) is 23.7 Å². The Morgan fingerprint density at radius 2 is 1.41 bits per heavy atom. The summed E-state index contributed by atoms with van der Waals surface area (Å²) >= 11 is 0. The number of nitrogens with zero attached hydrogens (tertiary/aromatic N) is 1. The molecule has 0 bridgehead atoms. The first-order valence-corrected chi connectivity index (χ1v) is 13.9. The molecule has 7 rings (SSSR count). The molecule has 0 aromatic heterocycles. The summed E-state index contributed by atoms with van der Waals surface area (Å²) < 4.78 is 30.9. The molecule has 0 fully saturated rings. The van der Waals surface area contributed by atoms with Crippen LogP contribution in [0.1, 0.15) is 29.8 Å². The number of hydrogen-bond acceptors (Lipinski definition) is 6. The lowest BCUT2D eigenvalue weighted by Gasteiger charge is -2.39. The summed E-state index contributed by atoms with van der Waals surface area (Å²) in [5.41, 5.74) is 6.38. The highest BCUT2D eigenvalue weighted by atomic mass is 16.7. The lowest BCUT2D eigenvalue weighted by Crippen LogP contribution is -2.31. The Bertz CT molecular complexity index is 1700. The lowest BCUT2D eigenvalue weighted by molar-refractivity contribution is 0.0599. The van der Waals surface area contributed by atoms with Gasteiger partial charge in [0.1, 0.15) is 13.2 Å². The van der Waals surface area contributed by atoms with Gasteiger partial charge in [0, 0.05) is 24.6 Å². The minimum absolute atomic E-state index is 0.238. The average molecular weight is 546 g/mol. The van der Waals surface area contributed by atoms with Crippen LogP contribution in [0.5, 0.6) is 23.0 Å². The molecule has 5 aromatic rings. The largest absolute Gasteiger partial charge is 0.485 e. The zero-order chi connectivity index (χ0) is 27.8. The molecule has 2 aliphatic rings. The third-order valence-electron chi connectivity index (χ3n) is 7.67. The highest BCUT2D eigenvalue weighted by Gasteiger charge is 2.35. The molecule has 206 valence electrons. The van der Waals surface area contributed by atoms with Crippen molar-refractivity contribution in [1.29, 1.82) is 0 Å². The van der Waals surface area contributed by atoms with Gasteiger partial charge in [-0.2, -0.15) is 0 Å². The van der Waals surface area contributed by atoms with E-state index in [0.717, 1.165) is 55.8 Å². The Kier molecular flexibility index (Phi) is 6.61. The van der Waals surface area contributed by atoms with Crippen molar-refractivity contribution in [3.05, 3.63) is 114 Å². The second-order valence-electron chi connectivity index (χ2n) is 10.2. The number of fused-ring (bicyclic) bond motifs is 6. The van der Waals surface area contributed by atoms with Gasteiger partial charge in [0.15, 0.2) is 29.2 Å². The van der Waals surface area contributed by atoms with E-state index < -0.39 is 0 Å². The average Bonchev–Trinajstić information content (AvgIpc) is 3.48. The lowest BCUT2D eigenvalue weighted by atomic mass is 9.88. The molecule has 0 radical (unpaired) electrons. The topological polar surface area (TPSA) is 49.4 Å². The molecule has 0 N–H and O–H groups in total. The van der Waals surface area contributed by atoms with Crippen molar-refractivity contribution in [2.75, 3.05) is 25.3 Å². The number of anilines is 1. The molecule has 6 heteroatoms. The summed E-state index contributed by atoms with van der Waals surface area (Å²) in [5.74, 6) is 2.92. The first kappa shape index (κ1) is 25.3. The van der Waals surface area contributed by atoms with Crippen LogP contribution in [0.2, 0.25) is 0 Å². The van der Waals surface area contributed by atoms with Crippen LogP contribution in [0.4, 0.5) is 5.69 Å². The predicted molar refractivity (Wildman–Crippen MR) is 160 cm³/mol. The number of ether oxygens (including phenoxy) is 5. The monoisotopic (exact) mass is 545 g/mol. The molecule has 0 aliphatic carbocycles. The molecule has 1 unspecified atom stereocenters. The summed E-state index contributed by atoms with van der Waals surface area (Å²) in [6.45, 7) is 3.64. The molecule has 2 heterocycles. The third kappa shape index (κ3) is 4.60. The van der Waals surface area contributed by atoms with Crippen molar-refractivity contribution in [2.45, 2.75) is 26.4 Å². The van der Waals surface area contributed by atoms with Crippen molar-refractivity contribution < 1.29 is 23.7 Å². The van der Waals surface area contributed by atoms with Gasteiger partial charge in [0.2, 0.25) is 6.79 Å². The first-order chi connectivity index (χ1) is 20.2. The number of rotatable bonds is 8. The highest BCUT2D eigenvalue weighted by molar-refractivity contribution is 6.05. The minimum Gasteiger partial charge on any atom is -0.485 e. The van der Waals surface area contributed by atoms with E-state index in [-0.39, 0.29) is 13.0 Å². The Morgan fingerprint density at radius 1 is 0.756 bits per heavy atom. The zero-order valence-electron chi connectivity index (χ0n) is 23.1. The summed E-state index contributed by atoms with van der Waals surface area (Å²) in [6.07, 6.45) is -0.385. The van der Waals surface area contributed by atoms with Crippen molar-refractivity contribution in [3.8, 4) is 34.1 Å². The van der Waals surface area contributed by atoms with Crippen molar-refractivity contribution >= 4 is 16.5 Å². The number of benzene rings is 5. The molecule has 0 saturated heterocycles. The van der Waals surface area contributed by atoms with Crippen LogP contribution in [0.25, 0.3) is 21.9 Å². The Labute approximate surface area is 239 Å². The minimum atomic E-state index is -0.385. The van der Waals surface area contributed by atoms with E-state index in [9.17, 15) is 0 Å². The quantitative estimate of drug-likeness (QED) is 0.198. The zero-order valence-corrected chi connectivity index (χ0v) is 23.1. The molecule has 0 amide bonds. The van der Waals surface area contributed by atoms with E-state index in [1.54, 1.807) is 0 Å². The second kappa shape index (κ2) is 10.7. The fourth-order valence-corrected chi connectivity index (χ4v) is 5.75. The molecule has 6 nitrogen and oxygen atoms in total. The maximum absolute atomic E-state index is 6.63. The molecule has 2 aliphatic heterocycles. The molecular formula is C35H31NO5. The molecule has 41 heavy (non-hydrogen) atoms. The van der Waals surface area contributed by atoms with Crippen LogP contribution in [0, 0.1) is 0 Å². The fraction of sp³-hybridized carbons (Fsp3) is 0.200. The Hall–Kier alpha value is -4.68. The van der Waals surface area contributed by atoms with Gasteiger partial charge in [0.25, 0.3) is 0 Å². The summed E-state index contributed by atoms with van der Waals surface area (Å²) in [6, 6.07) is 32.9. The maximum Gasteiger partial charge on any atom is 0.231 e. The van der Waals surface area contributed by atoms with Crippen molar-refractivity contribution in [2.24, 2.45) is 0 Å². The third-order valence-corrected chi connectivity index (χ3v) is 7.67. The highest BCUT2D eigenvalue weighted by Crippen LogP contribution is 2.54. The molecule has 1 atom stereocenters. The molecular weight excluding hydrogens is 514 g/mol. The van der Waals surface area contributed by atoms with Crippen molar-refractivity contribution in [1.82, 2.24) is 0 Å². The smallest absolute Gasteiger partial charge is 0.231 e. The Morgan fingerprint density at radius 3 is 2.12 bits per heavy atom. The van der Waals surface area contributed by atoms with Gasteiger partial charge in [-0.25, -0.2) is 0 Å². The van der Waals surface area contributed by atoms with Crippen LogP contribution >= 0.6 is 0 Å². The SMILES string of the molecule is CCOC1c2c(ccc(OCc3ccccc3)c2OCc2ccccc2)-c2ccc3cc4c(cc3c2N1C)OCO4. The van der Waals surface area contributed by atoms with Gasteiger partial charge < -0.3 is 28.6 Å². The van der Waals surface area contributed by atoms with Crippen LogP contribution in [-0.2, 0) is 18.0 Å². The van der Waals surface area contributed by atoms with Crippen LogP contribution < -0.4 is 23.8 Å². The van der Waals surface area contributed by atoms with Gasteiger partial charge >= 0.3 is 0 Å². The summed E-state index contributed by atoms with van der Waals surface area (Å²) in [4.78, 5) is 2.20. The summed E-state index contributed by atoms with van der Waals surface area (Å²) in [5, 5.41) is 2.17. The number of hydrogen-bond donors (Lipinski definition) is 0. The van der Waals surface area contributed by atoms with Crippen LogP contribution in [0.3, 0.4) is 0 Å². The van der Waals surface area contributed by atoms with Crippen LogP contribution in [-0.4, -0.2) is 20.4 Å². The standard InChI is InChI=1S/C35H31NO5/c1-3-37-35-32-26(27-15-14-25-18-30-31(41-22-40-30)19-28(25)33(27)36(35)2)16-17-29(38-20-23-10-6-4-7-11-23)34(32)39-21-24-12-8-5-9-13-24/h4-19,35H,3,20-22H2,1-2H3. The molecule has 5 aromatic carbocycles. The van der Waals surface area contributed by atoms with Crippen molar-refractivity contribution in [3.63, 3.8) is 0 Å². The predicted octanol–water partition coefficient (Wildman–Crippen LogP) is 7.88. The maximum atomic E-state index is 6.63. The molecule has 0 spiro atoms. The van der Waals surface area contributed by atoms with Crippen LogP contribution in [0.15, 0.2) is 97.1 Å². The first-order valence-electron chi connectivity index (χ1n) is 13.9. The second-order valence-corrected chi connectivity index (χ2v) is 10.2. The van der Waals surface area contributed by atoms with E-state index in [2.05, 4.69) is 60.5 Å². The van der Waals surface area contributed by atoms with Gasteiger partial charge in [-0.3, -0.25) is 0 Å². The molecule has 0 saturated carbocycles. The van der Waals surface area contributed by atoms with E-state index in [1.807, 2.05) is 55.5 Å². The Balaban J connectivity index is 1.38. The summed E-state index contributed by atoms with van der Waals surface area (Å²) in [7, 11) is 2.07. The fourth-order valence-electron chi connectivity index (χ4n) is 5.75. The van der Waals surface area contributed by atoms with Gasteiger partial charge in [-0.15, -0.1) is 0 Å². The van der Waals surface area contributed by atoms with E-state index >= 15 is 0 Å². The van der Waals surface area contributed by atoms with Gasteiger partial charge in [0.05, 0.1) is 11.3 Å². The van der Waals surface area contributed by atoms with E-state index in [0.29, 0.717) is 31.3 Å².